The van der Waals surface area contributed by atoms with E-state index in [2.05, 4.69) is 49.3 Å². The van der Waals surface area contributed by atoms with Gasteiger partial charge in [0.25, 0.3) is 0 Å². The van der Waals surface area contributed by atoms with Crippen LogP contribution in [0.5, 0.6) is 0 Å². The van der Waals surface area contributed by atoms with E-state index in [1.807, 2.05) is 12.4 Å². The van der Waals surface area contributed by atoms with Crippen LogP contribution in [-0.2, 0) is 0 Å². The van der Waals surface area contributed by atoms with Gasteiger partial charge in [0, 0.05) is 12.4 Å². The van der Waals surface area contributed by atoms with E-state index in [0.29, 0.717) is 0 Å². The van der Waals surface area contributed by atoms with Crippen LogP contribution in [0.25, 0.3) is 5.57 Å². The lowest BCUT2D eigenvalue weighted by Gasteiger charge is -2.33. The molecule has 1 aliphatic rings. The summed E-state index contributed by atoms with van der Waals surface area (Å²) in [7, 11) is 0. The van der Waals surface area contributed by atoms with Crippen molar-refractivity contribution < 1.29 is 21.5 Å². The Hall–Kier alpha value is -0.450. The Balaban J connectivity index is 0.00000144. The average Bonchev–Trinajstić information content (AvgIpc) is 2.40. The van der Waals surface area contributed by atoms with Gasteiger partial charge in [0.15, 0.2) is 0 Å². The highest BCUT2D eigenvalue weighted by Crippen LogP contribution is 2.22. The maximum absolute atomic E-state index is 4.05. The SMILES string of the molecule is Br.CC[N+]1(CC)C=CC(c2ccncc2)=CC1.[Br-]. The summed E-state index contributed by atoms with van der Waals surface area (Å²) in [6.45, 7) is 7.92. The van der Waals surface area contributed by atoms with Gasteiger partial charge in [-0.05, 0) is 49.3 Å². The second-order valence-corrected chi connectivity index (χ2v) is 4.24. The second kappa shape index (κ2) is 7.87. The number of halogens is 2. The third-order valence-electron chi connectivity index (χ3n) is 3.52. The Bertz CT molecular complexity index is 409. The van der Waals surface area contributed by atoms with Crippen molar-refractivity contribution in [1.82, 2.24) is 4.98 Å². The molecule has 2 nitrogen and oxygen atoms in total. The molecule has 2 rings (SSSR count). The van der Waals surface area contributed by atoms with E-state index in [1.54, 1.807) is 0 Å². The molecule has 0 amide bonds. The Kier molecular flexibility index (Phi) is 7.67. The van der Waals surface area contributed by atoms with Crippen LogP contribution in [0.2, 0.25) is 0 Å². The van der Waals surface area contributed by atoms with Gasteiger partial charge in [-0.1, -0.05) is 0 Å². The standard InChI is InChI=1S/C14H19N2.2BrH/c1-3-16(4-2)11-7-14(8-12-16)13-5-9-15-10-6-13;;/h5-11H,3-4,12H2,1-2H3;2*1H/q+1;;/p-1. The predicted octanol–water partition coefficient (Wildman–Crippen LogP) is 0.431. The predicted molar refractivity (Wildman–Crippen MR) is 77.9 cm³/mol. The lowest BCUT2D eigenvalue weighted by atomic mass is 10.0. The monoisotopic (exact) mass is 374 g/mol. The van der Waals surface area contributed by atoms with Crippen LogP contribution in [0.4, 0.5) is 0 Å². The molecule has 0 bridgehead atoms. The molecule has 0 saturated heterocycles. The third-order valence-corrected chi connectivity index (χ3v) is 3.52. The highest BCUT2D eigenvalue weighted by Gasteiger charge is 2.21. The van der Waals surface area contributed by atoms with Gasteiger partial charge in [-0.25, -0.2) is 0 Å². The van der Waals surface area contributed by atoms with Gasteiger partial charge in [0.1, 0.15) is 6.54 Å². The fourth-order valence-electron chi connectivity index (χ4n) is 2.10. The molecule has 0 aliphatic carbocycles. The van der Waals surface area contributed by atoms with Crippen LogP contribution in [-0.4, -0.2) is 29.1 Å². The molecular formula is C14H20Br2N2. The van der Waals surface area contributed by atoms with Gasteiger partial charge < -0.3 is 17.0 Å². The average molecular weight is 376 g/mol. The van der Waals surface area contributed by atoms with Crippen molar-refractivity contribution in [3.05, 3.63) is 48.4 Å². The third kappa shape index (κ3) is 3.77. The summed E-state index contributed by atoms with van der Waals surface area (Å²) in [5, 5.41) is 0. The van der Waals surface area contributed by atoms with Gasteiger partial charge in [-0.3, -0.25) is 9.47 Å². The number of nitrogens with zero attached hydrogens (tertiary/aromatic N) is 2. The number of allylic oxidation sites excluding steroid dienone is 2. The molecule has 0 atom stereocenters. The van der Waals surface area contributed by atoms with E-state index in [4.69, 9.17) is 0 Å². The van der Waals surface area contributed by atoms with Crippen LogP contribution >= 0.6 is 17.0 Å². The van der Waals surface area contributed by atoms with Crippen molar-refractivity contribution in [1.29, 1.82) is 0 Å². The number of quaternary nitrogens is 1. The smallest absolute Gasteiger partial charge is 0.102 e. The van der Waals surface area contributed by atoms with Crippen molar-refractivity contribution in [2.24, 2.45) is 0 Å². The molecule has 1 aliphatic heterocycles. The zero-order valence-electron chi connectivity index (χ0n) is 10.8. The van der Waals surface area contributed by atoms with Crippen molar-refractivity contribution in [2.75, 3.05) is 19.6 Å². The molecule has 0 spiro atoms. The first-order chi connectivity index (χ1) is 7.79. The molecule has 0 radical (unpaired) electrons. The highest BCUT2D eigenvalue weighted by atomic mass is 79.9. The fraction of sp³-hybridized carbons (Fsp3) is 0.357. The van der Waals surface area contributed by atoms with Crippen molar-refractivity contribution in [3.63, 3.8) is 0 Å². The van der Waals surface area contributed by atoms with Gasteiger partial charge in [-0.2, -0.15) is 0 Å². The maximum atomic E-state index is 4.05. The molecule has 2 heterocycles. The molecule has 0 saturated carbocycles. The molecule has 18 heavy (non-hydrogen) atoms. The molecule has 0 aromatic carbocycles. The minimum Gasteiger partial charge on any atom is -1.00 e. The summed E-state index contributed by atoms with van der Waals surface area (Å²) in [6, 6.07) is 4.13. The molecule has 0 unspecified atom stereocenters. The quantitative estimate of drug-likeness (QED) is 0.698. The summed E-state index contributed by atoms with van der Waals surface area (Å²) in [5.74, 6) is 0. The largest absolute Gasteiger partial charge is 1.00 e. The number of likely N-dealkylation sites (N-methyl/N-ethyl adjacent to an activating group) is 1. The number of hydrogen-bond acceptors (Lipinski definition) is 1. The van der Waals surface area contributed by atoms with E-state index in [-0.39, 0.29) is 34.0 Å². The zero-order valence-corrected chi connectivity index (χ0v) is 14.1. The van der Waals surface area contributed by atoms with Gasteiger partial charge in [0.05, 0.1) is 19.3 Å². The van der Waals surface area contributed by atoms with E-state index in [1.165, 1.54) is 11.1 Å². The molecular weight excluding hydrogens is 356 g/mol. The Labute approximate surface area is 131 Å². The lowest BCUT2D eigenvalue weighted by Crippen LogP contribution is -3.00. The Morgan fingerprint density at radius 2 is 1.78 bits per heavy atom. The number of rotatable bonds is 3. The Morgan fingerprint density at radius 1 is 1.17 bits per heavy atom. The van der Waals surface area contributed by atoms with Crippen LogP contribution in [0.3, 0.4) is 0 Å². The summed E-state index contributed by atoms with van der Waals surface area (Å²) in [5.41, 5.74) is 2.58. The highest BCUT2D eigenvalue weighted by molar-refractivity contribution is 8.93. The molecule has 0 N–H and O–H groups in total. The number of aromatic nitrogens is 1. The van der Waals surface area contributed by atoms with Crippen molar-refractivity contribution in [3.8, 4) is 0 Å². The van der Waals surface area contributed by atoms with Crippen LogP contribution in [0.15, 0.2) is 42.9 Å². The fourth-order valence-corrected chi connectivity index (χ4v) is 2.10. The van der Waals surface area contributed by atoms with E-state index in [0.717, 1.165) is 24.1 Å². The lowest BCUT2D eigenvalue weighted by molar-refractivity contribution is -0.870. The zero-order chi connectivity index (χ0) is 11.4. The Morgan fingerprint density at radius 3 is 2.22 bits per heavy atom. The summed E-state index contributed by atoms with van der Waals surface area (Å²) in [6.07, 6.45) is 10.6. The van der Waals surface area contributed by atoms with Crippen LogP contribution in [0, 0.1) is 0 Å². The van der Waals surface area contributed by atoms with Gasteiger partial charge >= 0.3 is 0 Å². The molecule has 1 aromatic rings. The molecule has 1 aromatic heterocycles. The van der Waals surface area contributed by atoms with Gasteiger partial charge in [0.2, 0.25) is 0 Å². The van der Waals surface area contributed by atoms with E-state index in [9.17, 15) is 0 Å². The molecule has 4 heteroatoms. The topological polar surface area (TPSA) is 12.9 Å². The van der Waals surface area contributed by atoms with Crippen LogP contribution in [0.1, 0.15) is 19.4 Å². The first-order valence-electron chi connectivity index (χ1n) is 5.95. The molecule has 100 valence electrons. The normalized spacial score (nSPS) is 16.2. The summed E-state index contributed by atoms with van der Waals surface area (Å²) >= 11 is 0. The van der Waals surface area contributed by atoms with Crippen molar-refractivity contribution >= 4 is 22.6 Å². The first-order valence-corrected chi connectivity index (χ1v) is 5.95. The first kappa shape index (κ1) is 17.6. The van der Waals surface area contributed by atoms with Crippen molar-refractivity contribution in [2.45, 2.75) is 13.8 Å². The minimum atomic E-state index is 0. The van der Waals surface area contributed by atoms with Crippen LogP contribution < -0.4 is 17.0 Å². The second-order valence-electron chi connectivity index (χ2n) is 4.24. The van der Waals surface area contributed by atoms with Gasteiger partial charge in [-0.15, -0.1) is 17.0 Å². The number of pyridine rings is 1. The maximum Gasteiger partial charge on any atom is 0.102 e. The summed E-state index contributed by atoms with van der Waals surface area (Å²) in [4.78, 5) is 4.05. The minimum absolute atomic E-state index is 0. The summed E-state index contributed by atoms with van der Waals surface area (Å²) < 4.78 is 1.06. The molecule has 0 fully saturated rings. The number of hydrogen-bond donors (Lipinski definition) is 0. The van der Waals surface area contributed by atoms with E-state index >= 15 is 0 Å². The van der Waals surface area contributed by atoms with E-state index < -0.39 is 0 Å².